The zero-order chi connectivity index (χ0) is 19.8. The Morgan fingerprint density at radius 1 is 1.21 bits per heavy atom. The lowest BCUT2D eigenvalue weighted by Crippen LogP contribution is -2.33. The Kier molecular flexibility index (Phi) is 4.73. The van der Waals surface area contributed by atoms with Gasteiger partial charge in [-0.05, 0) is 5.56 Å². The minimum Gasteiger partial charge on any atom is -0.460 e. The average molecular weight is 389 g/mol. The van der Waals surface area contributed by atoms with Gasteiger partial charge in [0.25, 0.3) is 5.56 Å². The number of fused-ring (bicyclic) bond motifs is 1. The van der Waals surface area contributed by atoms with E-state index in [4.69, 9.17) is 15.2 Å². The van der Waals surface area contributed by atoms with Crippen molar-refractivity contribution >= 4 is 17.1 Å². The average Bonchev–Trinajstić information content (AvgIpc) is 3.18. The molecule has 3 aromatic rings. The predicted molar refractivity (Wildman–Crippen MR) is 96.3 cm³/mol. The lowest BCUT2D eigenvalue weighted by molar-refractivity contribution is -0.0545. The first-order valence-electron chi connectivity index (χ1n) is 8.56. The Morgan fingerprint density at radius 3 is 2.64 bits per heavy atom. The topological polar surface area (TPSA) is 169 Å². The summed E-state index contributed by atoms with van der Waals surface area (Å²) in [5.74, 6) is -0.153. The van der Waals surface area contributed by atoms with E-state index in [-0.39, 0.29) is 29.7 Å². The fourth-order valence-electron chi connectivity index (χ4n) is 3.13. The second kappa shape index (κ2) is 7.20. The number of anilines is 1. The molecule has 1 fully saturated rings. The van der Waals surface area contributed by atoms with E-state index in [1.807, 2.05) is 30.3 Å². The summed E-state index contributed by atoms with van der Waals surface area (Å²) < 4.78 is 12.6. The molecule has 6 N–H and O–H groups in total. The molecule has 4 atom stereocenters. The lowest BCUT2D eigenvalue weighted by atomic mass is 10.1. The molecule has 28 heavy (non-hydrogen) atoms. The van der Waals surface area contributed by atoms with Gasteiger partial charge in [-0.25, -0.2) is 4.57 Å². The van der Waals surface area contributed by atoms with Gasteiger partial charge in [-0.15, -0.1) is 0 Å². The highest BCUT2D eigenvalue weighted by Crippen LogP contribution is 2.34. The van der Waals surface area contributed by atoms with E-state index in [0.717, 1.165) is 5.56 Å². The molecule has 0 unspecified atom stereocenters. The van der Waals surface area contributed by atoms with Gasteiger partial charge >= 0.3 is 6.01 Å². The molecule has 11 nitrogen and oxygen atoms in total. The number of nitrogens with two attached hydrogens (primary N) is 1. The number of hydrogen-bond donors (Lipinski definition) is 5. The van der Waals surface area contributed by atoms with Crippen LogP contribution in [-0.4, -0.2) is 59.8 Å². The van der Waals surface area contributed by atoms with Crippen molar-refractivity contribution in [3.05, 3.63) is 46.2 Å². The Labute approximate surface area is 158 Å². The van der Waals surface area contributed by atoms with E-state index >= 15 is 0 Å². The standard InChI is InChI=1S/C17H19N5O6/c18-16-20-13-10(14(26)21-16)19-17(27-7-8-4-2-1-3-5-8)22(13)15-12(25)11(24)9(6-23)28-15/h1-5,9,11-12,15,23-25H,6-7H2,(H3,18,20,21,26)/t9-,11+,12+,15-/m1/s1. The third kappa shape index (κ3) is 3.10. The fourth-order valence-corrected chi connectivity index (χ4v) is 3.13. The number of nitrogens with one attached hydrogen (secondary N) is 1. The first-order chi connectivity index (χ1) is 13.5. The van der Waals surface area contributed by atoms with Gasteiger partial charge in [-0.1, -0.05) is 30.3 Å². The molecule has 1 saturated heterocycles. The second-order valence-electron chi connectivity index (χ2n) is 6.39. The summed E-state index contributed by atoms with van der Waals surface area (Å²) in [5, 5.41) is 29.8. The number of benzene rings is 1. The highest BCUT2D eigenvalue weighted by atomic mass is 16.6. The van der Waals surface area contributed by atoms with Crippen LogP contribution in [0.25, 0.3) is 11.2 Å². The highest BCUT2D eigenvalue weighted by molar-refractivity contribution is 5.72. The molecule has 1 aliphatic rings. The molecule has 0 aliphatic carbocycles. The number of hydrogen-bond acceptors (Lipinski definition) is 9. The predicted octanol–water partition coefficient (Wildman–Crippen LogP) is -1.11. The lowest BCUT2D eigenvalue weighted by Gasteiger charge is -2.19. The van der Waals surface area contributed by atoms with Crippen LogP contribution in [0.5, 0.6) is 6.01 Å². The quantitative estimate of drug-likeness (QED) is 0.363. The number of nitrogens with zero attached hydrogens (tertiary/aromatic N) is 3. The summed E-state index contributed by atoms with van der Waals surface area (Å²) in [6.07, 6.45) is -4.94. The number of imidazole rings is 1. The summed E-state index contributed by atoms with van der Waals surface area (Å²) in [6.45, 7) is -0.371. The van der Waals surface area contributed by atoms with Gasteiger partial charge in [0.2, 0.25) is 5.95 Å². The monoisotopic (exact) mass is 389 g/mol. The van der Waals surface area contributed by atoms with Crippen molar-refractivity contribution in [3.63, 3.8) is 0 Å². The molecule has 1 aromatic carbocycles. The molecule has 0 radical (unpaired) electrons. The maximum Gasteiger partial charge on any atom is 0.301 e. The van der Waals surface area contributed by atoms with Crippen molar-refractivity contribution in [2.45, 2.75) is 31.1 Å². The number of aromatic amines is 1. The third-order valence-electron chi connectivity index (χ3n) is 4.52. The van der Waals surface area contributed by atoms with Crippen molar-refractivity contribution in [2.75, 3.05) is 12.3 Å². The first kappa shape index (κ1) is 18.4. The molecular formula is C17H19N5O6. The van der Waals surface area contributed by atoms with E-state index in [0.29, 0.717) is 0 Å². The molecule has 0 saturated carbocycles. The summed E-state index contributed by atoms with van der Waals surface area (Å²) in [5.41, 5.74) is 5.87. The third-order valence-corrected chi connectivity index (χ3v) is 4.52. The number of H-pyrrole nitrogens is 1. The Bertz CT molecular complexity index is 1040. The highest BCUT2D eigenvalue weighted by Gasteiger charge is 2.45. The van der Waals surface area contributed by atoms with Crippen LogP contribution in [0.1, 0.15) is 11.8 Å². The van der Waals surface area contributed by atoms with Gasteiger partial charge in [0.1, 0.15) is 24.9 Å². The van der Waals surface area contributed by atoms with Crippen molar-refractivity contribution in [1.82, 2.24) is 19.5 Å². The van der Waals surface area contributed by atoms with Crippen LogP contribution in [0.2, 0.25) is 0 Å². The van der Waals surface area contributed by atoms with Crippen LogP contribution >= 0.6 is 0 Å². The van der Waals surface area contributed by atoms with Gasteiger partial charge < -0.3 is 30.5 Å². The smallest absolute Gasteiger partial charge is 0.301 e. The van der Waals surface area contributed by atoms with E-state index in [1.165, 1.54) is 4.57 Å². The number of aliphatic hydroxyl groups excluding tert-OH is 3. The SMILES string of the molecule is Nc1nc2c(nc(OCc3ccccc3)n2[C@@H]2O[C@H](CO)[C@H](O)[C@@H]2O)c(=O)[nH]1. The van der Waals surface area contributed by atoms with Crippen molar-refractivity contribution in [3.8, 4) is 6.01 Å². The normalized spacial score (nSPS) is 24.7. The zero-order valence-corrected chi connectivity index (χ0v) is 14.6. The van der Waals surface area contributed by atoms with E-state index in [9.17, 15) is 20.1 Å². The van der Waals surface area contributed by atoms with Crippen molar-refractivity contribution < 1.29 is 24.8 Å². The molecule has 4 rings (SSSR count). The number of ether oxygens (including phenoxy) is 2. The van der Waals surface area contributed by atoms with Crippen LogP contribution in [-0.2, 0) is 11.3 Å². The van der Waals surface area contributed by atoms with E-state index < -0.39 is 36.7 Å². The minimum absolute atomic E-state index is 0.0270. The molecule has 3 heterocycles. The Morgan fingerprint density at radius 2 is 1.96 bits per heavy atom. The van der Waals surface area contributed by atoms with Gasteiger partial charge in [0.05, 0.1) is 6.61 Å². The van der Waals surface area contributed by atoms with Gasteiger partial charge in [-0.2, -0.15) is 9.97 Å². The summed E-state index contributed by atoms with van der Waals surface area (Å²) >= 11 is 0. The second-order valence-corrected chi connectivity index (χ2v) is 6.39. The van der Waals surface area contributed by atoms with Crippen LogP contribution in [0, 0.1) is 0 Å². The molecule has 11 heteroatoms. The molecule has 0 amide bonds. The number of rotatable bonds is 5. The maximum absolute atomic E-state index is 12.2. The van der Waals surface area contributed by atoms with E-state index in [1.54, 1.807) is 0 Å². The zero-order valence-electron chi connectivity index (χ0n) is 14.6. The van der Waals surface area contributed by atoms with Crippen LogP contribution in [0.4, 0.5) is 5.95 Å². The Hall–Kier alpha value is -2.99. The first-order valence-corrected chi connectivity index (χ1v) is 8.56. The van der Waals surface area contributed by atoms with Crippen LogP contribution in [0.15, 0.2) is 35.1 Å². The molecule has 2 aromatic heterocycles. The molecule has 1 aliphatic heterocycles. The van der Waals surface area contributed by atoms with Crippen molar-refractivity contribution in [2.24, 2.45) is 0 Å². The molecule has 0 bridgehead atoms. The maximum atomic E-state index is 12.2. The molecular weight excluding hydrogens is 370 g/mol. The molecule has 148 valence electrons. The van der Waals surface area contributed by atoms with Crippen LogP contribution in [0.3, 0.4) is 0 Å². The van der Waals surface area contributed by atoms with Gasteiger partial charge in [0, 0.05) is 0 Å². The fraction of sp³-hybridized carbons (Fsp3) is 0.353. The number of nitrogen functional groups attached to an aromatic ring is 1. The summed E-state index contributed by atoms with van der Waals surface area (Å²) in [7, 11) is 0. The van der Waals surface area contributed by atoms with E-state index in [2.05, 4.69) is 15.0 Å². The molecule has 0 spiro atoms. The van der Waals surface area contributed by atoms with Gasteiger partial charge in [0.15, 0.2) is 17.4 Å². The Balaban J connectivity index is 1.79. The van der Waals surface area contributed by atoms with Crippen molar-refractivity contribution in [1.29, 1.82) is 0 Å². The summed E-state index contributed by atoms with van der Waals surface area (Å²) in [6, 6.07) is 9.22. The summed E-state index contributed by atoms with van der Waals surface area (Å²) in [4.78, 5) is 22.8. The number of aliphatic hydroxyl groups is 3. The minimum atomic E-state index is -1.41. The number of aromatic nitrogens is 4. The van der Waals surface area contributed by atoms with Crippen LogP contribution < -0.4 is 16.0 Å². The van der Waals surface area contributed by atoms with Gasteiger partial charge in [-0.3, -0.25) is 9.78 Å². The largest absolute Gasteiger partial charge is 0.460 e.